The Morgan fingerprint density at radius 3 is 2.40 bits per heavy atom. The third-order valence-corrected chi connectivity index (χ3v) is 15.7. The number of allylic oxidation sites excluding steroid dienone is 2. The molecule has 0 unspecified atom stereocenters. The van der Waals surface area contributed by atoms with E-state index in [0.29, 0.717) is 22.0 Å². The molecule has 172 valence electrons. The van der Waals surface area contributed by atoms with E-state index in [4.69, 9.17) is 4.43 Å². The molecule has 0 spiro atoms. The van der Waals surface area contributed by atoms with Crippen molar-refractivity contribution in [3.8, 4) is 0 Å². The minimum absolute atomic E-state index is 0.325. The van der Waals surface area contributed by atoms with Gasteiger partial charge in [0.05, 0.1) is 0 Å². The third-order valence-electron chi connectivity index (χ3n) is 11.2. The number of fused-ring (bicyclic) bond motifs is 5. The number of hydrogen-bond acceptors (Lipinski definition) is 1. The van der Waals surface area contributed by atoms with E-state index >= 15 is 0 Å². The second kappa shape index (κ2) is 7.75. The zero-order valence-corrected chi connectivity index (χ0v) is 22.4. The largest absolute Gasteiger partial charge is 0.414 e. The first-order chi connectivity index (χ1) is 13.9. The molecular formula is C28H50OSi. The normalized spacial score (nSPS) is 45.7. The summed E-state index contributed by atoms with van der Waals surface area (Å²) in [6.07, 6.45) is 17.2. The predicted molar refractivity (Wildman–Crippen MR) is 132 cm³/mol. The van der Waals surface area contributed by atoms with E-state index in [2.05, 4.69) is 60.7 Å². The lowest BCUT2D eigenvalue weighted by Gasteiger charge is -2.61. The highest BCUT2D eigenvalue weighted by molar-refractivity contribution is 6.74. The van der Waals surface area contributed by atoms with Crippen LogP contribution in [0.4, 0.5) is 0 Å². The first-order valence-electron chi connectivity index (χ1n) is 13.3. The van der Waals surface area contributed by atoms with Crippen molar-refractivity contribution in [1.82, 2.24) is 0 Å². The Labute approximate surface area is 188 Å². The van der Waals surface area contributed by atoms with Crippen LogP contribution in [0.1, 0.15) is 106 Å². The fraction of sp³-hybridized carbons (Fsp3) is 0.929. The van der Waals surface area contributed by atoms with E-state index < -0.39 is 8.32 Å². The van der Waals surface area contributed by atoms with Gasteiger partial charge in [-0.15, -0.1) is 0 Å². The molecule has 0 heterocycles. The lowest BCUT2D eigenvalue weighted by molar-refractivity contribution is -0.114. The van der Waals surface area contributed by atoms with Crippen LogP contribution in [-0.4, -0.2) is 14.4 Å². The van der Waals surface area contributed by atoms with Gasteiger partial charge in [-0.05, 0) is 117 Å². The van der Waals surface area contributed by atoms with Crippen molar-refractivity contribution >= 4 is 8.32 Å². The van der Waals surface area contributed by atoms with E-state index in [1.54, 1.807) is 0 Å². The fourth-order valence-corrected chi connectivity index (χ4v) is 9.75. The van der Waals surface area contributed by atoms with Gasteiger partial charge < -0.3 is 4.43 Å². The molecule has 0 aromatic rings. The monoisotopic (exact) mass is 430 g/mol. The van der Waals surface area contributed by atoms with Crippen LogP contribution in [0.25, 0.3) is 0 Å². The molecule has 4 saturated carbocycles. The molecule has 30 heavy (non-hydrogen) atoms. The first-order valence-corrected chi connectivity index (χ1v) is 16.2. The van der Waals surface area contributed by atoms with Crippen molar-refractivity contribution in [3.63, 3.8) is 0 Å². The summed E-state index contributed by atoms with van der Waals surface area (Å²) >= 11 is 0. The molecule has 7 atom stereocenters. The maximum absolute atomic E-state index is 6.93. The average Bonchev–Trinajstić information content (AvgIpc) is 2.98. The summed E-state index contributed by atoms with van der Waals surface area (Å²) in [6, 6.07) is 0. The Bertz CT molecular complexity index is 673. The lowest BCUT2D eigenvalue weighted by atomic mass is 9.45. The Balaban J connectivity index is 1.48. The summed E-state index contributed by atoms with van der Waals surface area (Å²) in [6.45, 7) is 19.7. The number of rotatable bonds is 3. The molecule has 0 aliphatic heterocycles. The zero-order valence-electron chi connectivity index (χ0n) is 21.4. The highest BCUT2D eigenvalue weighted by Gasteiger charge is 2.59. The SMILES string of the molecule is CC/C=C1/CC[C@H]2[C@@H]3CC[C@H]4C[C@H](O[Si](C)(C)C(C)(C)C)CC[C@]4(C)[C@H]3CC[C@]12C. The first kappa shape index (κ1) is 23.1. The van der Waals surface area contributed by atoms with Crippen molar-refractivity contribution in [2.24, 2.45) is 34.5 Å². The molecule has 0 amide bonds. The molecular weight excluding hydrogens is 380 g/mol. The van der Waals surface area contributed by atoms with Crippen LogP contribution < -0.4 is 0 Å². The molecule has 0 aromatic heterocycles. The Hall–Kier alpha value is -0.0831. The molecule has 0 saturated heterocycles. The third kappa shape index (κ3) is 3.60. The van der Waals surface area contributed by atoms with Gasteiger partial charge in [-0.25, -0.2) is 0 Å². The molecule has 4 aliphatic rings. The van der Waals surface area contributed by atoms with Crippen molar-refractivity contribution in [1.29, 1.82) is 0 Å². The van der Waals surface area contributed by atoms with Crippen LogP contribution in [0, 0.1) is 34.5 Å². The van der Waals surface area contributed by atoms with Gasteiger partial charge >= 0.3 is 0 Å². The average molecular weight is 431 g/mol. The van der Waals surface area contributed by atoms with Gasteiger partial charge in [-0.1, -0.05) is 53.2 Å². The second-order valence-corrected chi connectivity index (χ2v) is 18.3. The Morgan fingerprint density at radius 2 is 1.73 bits per heavy atom. The van der Waals surface area contributed by atoms with Crippen LogP contribution >= 0.6 is 0 Å². The van der Waals surface area contributed by atoms with Gasteiger partial charge in [-0.2, -0.15) is 0 Å². The van der Waals surface area contributed by atoms with E-state index in [0.717, 1.165) is 23.7 Å². The van der Waals surface area contributed by atoms with Gasteiger partial charge in [-0.3, -0.25) is 0 Å². The van der Waals surface area contributed by atoms with E-state index in [1.165, 1.54) is 64.2 Å². The summed E-state index contributed by atoms with van der Waals surface area (Å²) in [7, 11) is -1.66. The quantitative estimate of drug-likeness (QED) is 0.321. The van der Waals surface area contributed by atoms with Gasteiger partial charge in [0, 0.05) is 6.10 Å². The molecule has 0 radical (unpaired) electrons. The predicted octanol–water partition coefficient (Wildman–Crippen LogP) is 8.76. The highest BCUT2D eigenvalue weighted by atomic mass is 28.4. The lowest BCUT2D eigenvalue weighted by Crippen LogP contribution is -2.54. The molecule has 0 N–H and O–H groups in total. The van der Waals surface area contributed by atoms with Crippen LogP contribution in [0.15, 0.2) is 11.6 Å². The summed E-state index contributed by atoms with van der Waals surface area (Å²) in [5.74, 6) is 3.83. The van der Waals surface area contributed by atoms with Crippen molar-refractivity contribution in [2.45, 2.75) is 130 Å². The van der Waals surface area contributed by atoms with Crippen LogP contribution in [0.5, 0.6) is 0 Å². The van der Waals surface area contributed by atoms with Gasteiger partial charge in [0.2, 0.25) is 0 Å². The topological polar surface area (TPSA) is 9.23 Å². The Morgan fingerprint density at radius 1 is 1.00 bits per heavy atom. The molecule has 2 heteroatoms. The standard InChI is InChI=1S/C28H50OSi/c1-9-10-20-12-14-24-23-13-11-21-19-22(29-30(7,8)26(2,3)4)15-17-28(21,6)25(23)16-18-27(20,24)5/h10,21-25H,9,11-19H2,1-8H3/b20-10-/t21-,22+,23-,24-,25-,27+,28-/m0/s1. The molecule has 4 aliphatic carbocycles. The summed E-state index contributed by atoms with van der Waals surface area (Å²) < 4.78 is 6.93. The maximum Gasteiger partial charge on any atom is 0.192 e. The summed E-state index contributed by atoms with van der Waals surface area (Å²) in [4.78, 5) is 0. The second-order valence-electron chi connectivity index (χ2n) is 13.6. The smallest absolute Gasteiger partial charge is 0.192 e. The number of hydrogen-bond donors (Lipinski definition) is 0. The maximum atomic E-state index is 6.93. The van der Waals surface area contributed by atoms with Crippen molar-refractivity contribution in [2.75, 3.05) is 0 Å². The highest BCUT2D eigenvalue weighted by Crippen LogP contribution is 2.67. The molecule has 4 rings (SSSR count). The molecule has 1 nitrogen and oxygen atoms in total. The fourth-order valence-electron chi connectivity index (χ4n) is 8.35. The Kier molecular flexibility index (Phi) is 5.97. The van der Waals surface area contributed by atoms with Gasteiger partial charge in [0.25, 0.3) is 0 Å². The molecule has 0 aromatic carbocycles. The minimum atomic E-state index is -1.66. The molecule has 4 fully saturated rings. The minimum Gasteiger partial charge on any atom is -0.414 e. The van der Waals surface area contributed by atoms with Crippen LogP contribution in [0.2, 0.25) is 18.1 Å². The van der Waals surface area contributed by atoms with E-state index in [9.17, 15) is 0 Å². The molecule has 0 bridgehead atoms. The summed E-state index contributed by atoms with van der Waals surface area (Å²) in [5.41, 5.74) is 2.94. The van der Waals surface area contributed by atoms with E-state index in [1.807, 2.05) is 5.57 Å². The van der Waals surface area contributed by atoms with Gasteiger partial charge in [0.15, 0.2) is 8.32 Å². The van der Waals surface area contributed by atoms with Crippen LogP contribution in [0.3, 0.4) is 0 Å². The van der Waals surface area contributed by atoms with Crippen LogP contribution in [-0.2, 0) is 4.43 Å². The van der Waals surface area contributed by atoms with E-state index in [-0.39, 0.29) is 0 Å². The van der Waals surface area contributed by atoms with Gasteiger partial charge in [0.1, 0.15) is 0 Å². The van der Waals surface area contributed by atoms with Crippen molar-refractivity contribution in [3.05, 3.63) is 11.6 Å². The van der Waals surface area contributed by atoms with Crippen molar-refractivity contribution < 1.29 is 4.43 Å². The zero-order chi connectivity index (χ0) is 21.9. The summed E-state index contributed by atoms with van der Waals surface area (Å²) in [5, 5.41) is 0.325.